The van der Waals surface area contributed by atoms with E-state index in [1.54, 1.807) is 6.20 Å². The predicted octanol–water partition coefficient (Wildman–Crippen LogP) is 4.10. The third kappa shape index (κ3) is 3.33. The van der Waals surface area contributed by atoms with Crippen molar-refractivity contribution in [2.24, 2.45) is 11.1 Å². The number of H-pyrrole nitrogens is 2. The predicted molar refractivity (Wildman–Crippen MR) is 145 cm³/mol. The van der Waals surface area contributed by atoms with Crippen molar-refractivity contribution in [3.63, 3.8) is 0 Å². The highest BCUT2D eigenvalue weighted by atomic mass is 16.1. The molecule has 2 aliphatic rings. The first-order chi connectivity index (χ1) is 18.0. The second-order valence-electron chi connectivity index (χ2n) is 10.2. The number of aromatic nitrogens is 5. The number of hydrogen-bond acceptors (Lipinski definition) is 6. The number of nitrogens with two attached hydrogens (primary N) is 1. The van der Waals surface area contributed by atoms with Crippen LogP contribution in [0.25, 0.3) is 27.5 Å². The zero-order valence-corrected chi connectivity index (χ0v) is 20.4. The number of nitrogens with zero attached hydrogens (tertiary/aromatic N) is 4. The van der Waals surface area contributed by atoms with Crippen LogP contribution >= 0.6 is 0 Å². The van der Waals surface area contributed by atoms with Crippen LogP contribution in [0, 0.1) is 5.41 Å². The molecule has 1 aliphatic carbocycles. The lowest BCUT2D eigenvalue weighted by atomic mass is 9.73. The minimum atomic E-state index is -0.228. The fourth-order valence-corrected chi connectivity index (χ4v) is 6.25. The van der Waals surface area contributed by atoms with Crippen molar-refractivity contribution in [1.29, 1.82) is 0 Å². The van der Waals surface area contributed by atoms with E-state index in [0.29, 0.717) is 28.2 Å². The van der Waals surface area contributed by atoms with Gasteiger partial charge >= 0.3 is 0 Å². The molecule has 0 bridgehead atoms. The summed E-state index contributed by atoms with van der Waals surface area (Å²) in [4.78, 5) is 27.6. The van der Waals surface area contributed by atoms with Crippen molar-refractivity contribution < 1.29 is 0 Å². The number of fused-ring (bicyclic) bond motifs is 3. The Bertz CT molecular complexity index is 1740. The number of para-hydroxylation sites is 1. The van der Waals surface area contributed by atoms with E-state index in [2.05, 4.69) is 55.9 Å². The number of benzene rings is 2. The third-order valence-corrected chi connectivity index (χ3v) is 8.34. The molecule has 8 heteroatoms. The number of pyridine rings is 1. The van der Waals surface area contributed by atoms with Crippen molar-refractivity contribution in [2.75, 3.05) is 18.0 Å². The molecular weight excluding hydrogens is 462 g/mol. The van der Waals surface area contributed by atoms with Crippen LogP contribution < -0.4 is 16.2 Å². The largest absolute Gasteiger partial charge is 0.342 e. The molecule has 0 unspecified atom stereocenters. The van der Waals surface area contributed by atoms with Gasteiger partial charge in [0, 0.05) is 36.3 Å². The maximum absolute atomic E-state index is 13.3. The zero-order chi connectivity index (χ0) is 25.1. The van der Waals surface area contributed by atoms with Gasteiger partial charge in [-0.3, -0.25) is 19.9 Å². The SMILES string of the molecule is C=C(c1ccnc2ccccc12)c1[nH]nc2nc(N3CCC4(CC3)Cc3ccccc3[C@H]4N)[nH]c(=O)c12. The lowest BCUT2D eigenvalue weighted by Crippen LogP contribution is -2.45. The van der Waals surface area contributed by atoms with Gasteiger partial charge in [0.15, 0.2) is 5.65 Å². The van der Waals surface area contributed by atoms with Crippen LogP contribution in [0.3, 0.4) is 0 Å². The minimum absolute atomic E-state index is 0.0458. The highest BCUT2D eigenvalue weighted by Crippen LogP contribution is 2.50. The summed E-state index contributed by atoms with van der Waals surface area (Å²) in [6.45, 7) is 5.85. The van der Waals surface area contributed by atoms with E-state index in [1.165, 1.54) is 11.1 Å². The highest BCUT2D eigenvalue weighted by Gasteiger charge is 2.46. The smallest absolute Gasteiger partial charge is 0.264 e. The summed E-state index contributed by atoms with van der Waals surface area (Å²) in [5, 5.41) is 8.79. The van der Waals surface area contributed by atoms with E-state index in [-0.39, 0.29) is 17.0 Å². The average Bonchev–Trinajstić information content (AvgIpc) is 3.48. The van der Waals surface area contributed by atoms with Gasteiger partial charge in [-0.2, -0.15) is 10.1 Å². The molecule has 0 amide bonds. The van der Waals surface area contributed by atoms with E-state index >= 15 is 0 Å². The summed E-state index contributed by atoms with van der Waals surface area (Å²) in [7, 11) is 0. The van der Waals surface area contributed by atoms with Gasteiger partial charge in [-0.15, -0.1) is 0 Å². The molecule has 4 heterocycles. The monoisotopic (exact) mass is 489 g/mol. The average molecular weight is 490 g/mol. The Morgan fingerprint density at radius 3 is 2.70 bits per heavy atom. The van der Waals surface area contributed by atoms with Crippen molar-refractivity contribution in [3.8, 4) is 0 Å². The number of aromatic amines is 2. The lowest BCUT2D eigenvalue weighted by Gasteiger charge is -2.42. The number of rotatable bonds is 3. The first kappa shape index (κ1) is 21.9. The maximum atomic E-state index is 13.3. The molecular formula is C29H27N7O. The second-order valence-corrected chi connectivity index (χ2v) is 10.2. The van der Waals surface area contributed by atoms with Crippen LogP contribution in [-0.4, -0.2) is 38.2 Å². The molecule has 1 fully saturated rings. The molecule has 7 rings (SSSR count). The lowest BCUT2D eigenvalue weighted by molar-refractivity contribution is 0.187. The van der Waals surface area contributed by atoms with Gasteiger partial charge in [-0.05, 0) is 53.5 Å². The van der Waals surface area contributed by atoms with Gasteiger partial charge in [0.2, 0.25) is 5.95 Å². The number of piperidine rings is 1. The molecule has 37 heavy (non-hydrogen) atoms. The molecule has 0 radical (unpaired) electrons. The molecule has 184 valence electrons. The van der Waals surface area contributed by atoms with Crippen molar-refractivity contribution in [3.05, 3.63) is 100 Å². The summed E-state index contributed by atoms with van der Waals surface area (Å²) >= 11 is 0. The maximum Gasteiger partial charge on any atom is 0.264 e. The quantitative estimate of drug-likeness (QED) is 0.351. The molecule has 1 atom stereocenters. The van der Waals surface area contributed by atoms with E-state index in [1.807, 2.05) is 30.3 Å². The van der Waals surface area contributed by atoms with Crippen molar-refractivity contribution in [1.82, 2.24) is 25.1 Å². The van der Waals surface area contributed by atoms with Gasteiger partial charge in [-0.25, -0.2) is 0 Å². The third-order valence-electron chi connectivity index (χ3n) is 8.34. The van der Waals surface area contributed by atoms with E-state index in [0.717, 1.165) is 48.8 Å². The van der Waals surface area contributed by atoms with E-state index in [9.17, 15) is 4.79 Å². The van der Waals surface area contributed by atoms with E-state index in [4.69, 9.17) is 10.7 Å². The number of anilines is 1. The van der Waals surface area contributed by atoms with Gasteiger partial charge in [-0.1, -0.05) is 49.0 Å². The Labute approximate surface area is 213 Å². The topological polar surface area (TPSA) is 117 Å². The van der Waals surface area contributed by atoms with Gasteiger partial charge in [0.05, 0.1) is 11.2 Å². The summed E-state index contributed by atoms with van der Waals surface area (Å²) < 4.78 is 0. The Morgan fingerprint density at radius 1 is 1.08 bits per heavy atom. The molecule has 1 aliphatic heterocycles. The van der Waals surface area contributed by atoms with Crippen LogP contribution in [-0.2, 0) is 6.42 Å². The van der Waals surface area contributed by atoms with Crippen molar-refractivity contribution in [2.45, 2.75) is 25.3 Å². The fourth-order valence-electron chi connectivity index (χ4n) is 6.25. The number of hydrogen-bond donors (Lipinski definition) is 3. The van der Waals surface area contributed by atoms with Crippen LogP contribution in [0.2, 0.25) is 0 Å². The Hall–Kier alpha value is -4.30. The van der Waals surface area contributed by atoms with Crippen LogP contribution in [0.5, 0.6) is 0 Å². The number of nitrogens with one attached hydrogen (secondary N) is 2. The molecule has 1 spiro atoms. The van der Waals surface area contributed by atoms with Crippen LogP contribution in [0.4, 0.5) is 5.95 Å². The summed E-state index contributed by atoms with van der Waals surface area (Å²) in [6, 6.07) is 18.3. The minimum Gasteiger partial charge on any atom is -0.342 e. The Balaban J connectivity index is 1.18. The van der Waals surface area contributed by atoms with Gasteiger partial charge in [0.25, 0.3) is 5.56 Å². The van der Waals surface area contributed by atoms with Crippen molar-refractivity contribution >= 4 is 33.5 Å². The molecule has 5 aromatic rings. The fraction of sp³-hybridized carbons (Fsp3) is 0.241. The molecule has 2 aromatic carbocycles. The van der Waals surface area contributed by atoms with Gasteiger partial charge in [0.1, 0.15) is 5.39 Å². The highest BCUT2D eigenvalue weighted by molar-refractivity contribution is 5.99. The molecule has 4 N–H and O–H groups in total. The summed E-state index contributed by atoms with van der Waals surface area (Å²) in [6.07, 6.45) is 4.65. The van der Waals surface area contributed by atoms with Crippen LogP contribution in [0.1, 0.15) is 41.3 Å². The molecule has 1 saturated heterocycles. The molecule has 8 nitrogen and oxygen atoms in total. The zero-order valence-electron chi connectivity index (χ0n) is 20.4. The summed E-state index contributed by atoms with van der Waals surface area (Å²) in [5.41, 5.74) is 12.6. The van der Waals surface area contributed by atoms with Crippen LogP contribution in [0.15, 0.2) is 72.2 Å². The first-order valence-corrected chi connectivity index (χ1v) is 12.6. The molecule has 0 saturated carbocycles. The second kappa shape index (κ2) is 8.11. The first-order valence-electron chi connectivity index (χ1n) is 12.6. The van der Waals surface area contributed by atoms with E-state index < -0.39 is 0 Å². The summed E-state index contributed by atoms with van der Waals surface area (Å²) in [5.74, 6) is 0.550. The Morgan fingerprint density at radius 2 is 1.86 bits per heavy atom. The molecule has 3 aromatic heterocycles. The standard InChI is InChI=1S/C29H27N7O/c1-17(19-10-13-31-22-9-5-4-8-21(19)22)24-23-26(35-34-24)32-28(33-27(23)37)36-14-11-29(12-15-36)16-18-6-2-3-7-20(18)25(29)30/h2-10,13,25H,1,11-12,14-16,30H2,(H2,32,33,34,35,37)/t25-/m1/s1. The normalized spacial score (nSPS) is 18.5. The van der Waals surface area contributed by atoms with Gasteiger partial charge < -0.3 is 10.6 Å². The Kier molecular flexibility index (Phi) is 4.81.